The van der Waals surface area contributed by atoms with E-state index in [1.165, 1.54) is 10.5 Å². The van der Waals surface area contributed by atoms with Crippen molar-refractivity contribution in [3.05, 3.63) is 15.0 Å². The summed E-state index contributed by atoms with van der Waals surface area (Å²) in [6.07, 6.45) is 3.04. The highest BCUT2D eigenvalue weighted by Gasteiger charge is 2.29. The van der Waals surface area contributed by atoms with E-state index >= 15 is 0 Å². The first-order valence-corrected chi connectivity index (χ1v) is 7.60. The van der Waals surface area contributed by atoms with Gasteiger partial charge in [0, 0.05) is 18.7 Å². The number of ether oxygens (including phenoxy) is 1. The first kappa shape index (κ1) is 13.2. The van der Waals surface area contributed by atoms with Gasteiger partial charge in [0.15, 0.2) is 6.23 Å². The summed E-state index contributed by atoms with van der Waals surface area (Å²) in [5.74, 6) is 0. The van der Waals surface area contributed by atoms with Gasteiger partial charge >= 0.3 is 6.09 Å². The normalized spacial score (nSPS) is 23.2. The fraction of sp³-hybridized carbons (Fsp3) is 0.667. The summed E-state index contributed by atoms with van der Waals surface area (Å²) in [6, 6.07) is 0. The fourth-order valence-electron chi connectivity index (χ4n) is 2.71. The molecule has 0 radical (unpaired) electrons. The van der Waals surface area contributed by atoms with Crippen LogP contribution in [0.2, 0.25) is 0 Å². The van der Waals surface area contributed by atoms with Gasteiger partial charge in [-0.05, 0) is 48.3 Å². The van der Waals surface area contributed by atoms with Crippen LogP contribution in [0.5, 0.6) is 0 Å². The lowest BCUT2D eigenvalue weighted by atomic mass is 10.1. The summed E-state index contributed by atoms with van der Waals surface area (Å²) in [5, 5.41) is 13.7. The van der Waals surface area contributed by atoms with Crippen molar-refractivity contribution in [3.63, 3.8) is 0 Å². The number of nitrogens with zero attached hydrogens (tertiary/aromatic N) is 3. The Morgan fingerprint density at radius 3 is 3.00 bits per heavy atom. The number of fused-ring (bicyclic) bond motifs is 1. The van der Waals surface area contributed by atoms with Crippen molar-refractivity contribution in [2.24, 2.45) is 0 Å². The fourth-order valence-corrected chi connectivity index (χ4v) is 3.53. The monoisotopic (exact) mass is 377 g/mol. The van der Waals surface area contributed by atoms with E-state index in [9.17, 15) is 4.79 Å². The molecule has 3 heterocycles. The third-order valence-electron chi connectivity index (χ3n) is 3.74. The van der Waals surface area contributed by atoms with Gasteiger partial charge in [0.1, 0.15) is 3.70 Å². The average Bonchev–Trinajstić information content (AvgIpc) is 2.77. The maximum absolute atomic E-state index is 11.1. The van der Waals surface area contributed by atoms with Gasteiger partial charge < -0.3 is 14.7 Å². The smallest absolute Gasteiger partial charge is 0.407 e. The molecule has 2 aliphatic rings. The molecular formula is C12H16IN3O3. The highest BCUT2D eigenvalue weighted by molar-refractivity contribution is 14.1. The molecule has 7 heteroatoms. The van der Waals surface area contributed by atoms with E-state index in [1.807, 2.05) is 4.68 Å². The van der Waals surface area contributed by atoms with Crippen molar-refractivity contribution in [2.45, 2.75) is 38.5 Å². The number of rotatable bonds is 1. The number of hydrogen-bond acceptors (Lipinski definition) is 3. The first-order valence-electron chi connectivity index (χ1n) is 6.52. The second-order valence-electron chi connectivity index (χ2n) is 4.94. The van der Waals surface area contributed by atoms with Crippen LogP contribution >= 0.6 is 22.6 Å². The third-order valence-corrected chi connectivity index (χ3v) is 4.61. The van der Waals surface area contributed by atoms with Crippen LogP contribution in [0.1, 0.15) is 36.7 Å². The lowest BCUT2D eigenvalue weighted by Gasteiger charge is -2.29. The topological polar surface area (TPSA) is 67.6 Å². The van der Waals surface area contributed by atoms with Crippen molar-refractivity contribution in [3.8, 4) is 0 Å². The summed E-state index contributed by atoms with van der Waals surface area (Å²) in [5.41, 5.74) is 2.19. The molecule has 0 bridgehead atoms. The molecule has 1 fully saturated rings. The molecule has 1 unspecified atom stereocenters. The molecule has 0 saturated carbocycles. The van der Waals surface area contributed by atoms with Gasteiger partial charge in [-0.2, -0.15) is 5.10 Å². The molecule has 19 heavy (non-hydrogen) atoms. The molecule has 0 spiro atoms. The van der Waals surface area contributed by atoms with Gasteiger partial charge in [0.25, 0.3) is 0 Å². The van der Waals surface area contributed by atoms with E-state index in [2.05, 4.69) is 27.7 Å². The summed E-state index contributed by atoms with van der Waals surface area (Å²) in [7, 11) is 0. The Hall–Kier alpha value is -0.830. The Balaban J connectivity index is 1.91. The van der Waals surface area contributed by atoms with Gasteiger partial charge in [-0.25, -0.2) is 9.48 Å². The second-order valence-corrected chi connectivity index (χ2v) is 5.96. The van der Waals surface area contributed by atoms with Crippen molar-refractivity contribution < 1.29 is 14.6 Å². The second kappa shape index (κ2) is 5.28. The SMILES string of the molecule is O=C(O)N1CCc2c(I)nn(C3CCCCO3)c2C1. The van der Waals surface area contributed by atoms with Crippen LogP contribution in [-0.2, 0) is 17.7 Å². The summed E-state index contributed by atoms with van der Waals surface area (Å²) < 4.78 is 8.66. The zero-order chi connectivity index (χ0) is 13.4. The van der Waals surface area contributed by atoms with Crippen LogP contribution < -0.4 is 0 Å². The van der Waals surface area contributed by atoms with Gasteiger partial charge in [0.2, 0.25) is 0 Å². The molecule has 1 aromatic rings. The predicted octanol–water partition coefficient (Wildman–Crippen LogP) is 2.22. The maximum Gasteiger partial charge on any atom is 0.407 e. The predicted molar refractivity (Wildman–Crippen MR) is 75.9 cm³/mol. The van der Waals surface area contributed by atoms with Crippen LogP contribution in [0.4, 0.5) is 4.79 Å². The summed E-state index contributed by atoms with van der Waals surface area (Å²) in [6.45, 7) is 1.73. The number of carboxylic acid groups (broad SMARTS) is 1. The highest BCUT2D eigenvalue weighted by Crippen LogP contribution is 2.30. The lowest BCUT2D eigenvalue weighted by Crippen LogP contribution is -2.36. The van der Waals surface area contributed by atoms with E-state index in [4.69, 9.17) is 9.84 Å². The quantitative estimate of drug-likeness (QED) is 0.763. The third kappa shape index (κ3) is 2.45. The molecule has 1 N–H and O–H groups in total. The minimum atomic E-state index is -0.863. The first-order chi connectivity index (χ1) is 9.16. The Kier molecular flexibility index (Phi) is 3.66. The van der Waals surface area contributed by atoms with E-state index in [0.29, 0.717) is 13.1 Å². The zero-order valence-electron chi connectivity index (χ0n) is 10.5. The molecular weight excluding hydrogens is 361 g/mol. The molecule has 6 nitrogen and oxygen atoms in total. The molecule has 1 atom stereocenters. The van der Waals surface area contributed by atoms with E-state index in [1.54, 1.807) is 0 Å². The number of hydrogen-bond donors (Lipinski definition) is 1. The van der Waals surface area contributed by atoms with Crippen molar-refractivity contribution >= 4 is 28.7 Å². The van der Waals surface area contributed by atoms with E-state index < -0.39 is 6.09 Å². The highest BCUT2D eigenvalue weighted by atomic mass is 127. The molecule has 1 aromatic heterocycles. The minimum absolute atomic E-state index is 0.0280. The molecule has 104 valence electrons. The zero-order valence-corrected chi connectivity index (χ0v) is 12.7. The van der Waals surface area contributed by atoms with Crippen molar-refractivity contribution in [2.75, 3.05) is 13.2 Å². The number of carbonyl (C=O) groups is 1. The van der Waals surface area contributed by atoms with Crippen LogP contribution in [0.25, 0.3) is 0 Å². The molecule has 1 saturated heterocycles. The summed E-state index contributed by atoms with van der Waals surface area (Å²) in [4.78, 5) is 12.6. The minimum Gasteiger partial charge on any atom is -0.465 e. The van der Waals surface area contributed by atoms with Crippen LogP contribution in [0, 0.1) is 3.70 Å². The summed E-state index contributed by atoms with van der Waals surface area (Å²) >= 11 is 2.23. The van der Waals surface area contributed by atoms with Crippen LogP contribution in [-0.4, -0.2) is 39.0 Å². The van der Waals surface area contributed by atoms with Crippen molar-refractivity contribution in [1.29, 1.82) is 0 Å². The standard InChI is InChI=1S/C12H16IN3O3/c13-11-8-4-5-15(12(17)18)7-9(8)16(14-11)10-3-1-2-6-19-10/h10H,1-7H2,(H,17,18). The van der Waals surface area contributed by atoms with Crippen molar-refractivity contribution in [1.82, 2.24) is 14.7 Å². The van der Waals surface area contributed by atoms with E-state index in [0.717, 1.165) is 41.7 Å². The lowest BCUT2D eigenvalue weighted by molar-refractivity contribution is -0.0424. The van der Waals surface area contributed by atoms with Gasteiger partial charge in [-0.1, -0.05) is 0 Å². The molecule has 1 amide bonds. The number of amides is 1. The van der Waals surface area contributed by atoms with Gasteiger partial charge in [0.05, 0.1) is 12.2 Å². The Bertz CT molecular complexity index is 497. The van der Waals surface area contributed by atoms with Gasteiger partial charge in [-0.15, -0.1) is 0 Å². The molecule has 0 aromatic carbocycles. The molecule has 0 aliphatic carbocycles. The molecule has 3 rings (SSSR count). The Labute approximate surface area is 124 Å². The Morgan fingerprint density at radius 1 is 1.47 bits per heavy atom. The molecule has 2 aliphatic heterocycles. The van der Waals surface area contributed by atoms with E-state index in [-0.39, 0.29) is 6.23 Å². The van der Waals surface area contributed by atoms with Crippen LogP contribution in [0.15, 0.2) is 0 Å². The number of halogens is 1. The van der Waals surface area contributed by atoms with Crippen LogP contribution in [0.3, 0.4) is 0 Å². The largest absolute Gasteiger partial charge is 0.465 e. The average molecular weight is 377 g/mol. The maximum atomic E-state index is 11.1. The van der Waals surface area contributed by atoms with Gasteiger partial charge in [-0.3, -0.25) is 0 Å². The number of aromatic nitrogens is 2. The Morgan fingerprint density at radius 2 is 2.32 bits per heavy atom.